The van der Waals surface area contributed by atoms with Gasteiger partial charge in [0.05, 0.1) is 18.1 Å². The summed E-state index contributed by atoms with van der Waals surface area (Å²) >= 11 is 0. The average molecular weight is 218 g/mol. The maximum atomic E-state index is 10.6. The standard InChI is InChI=1S/C8H14N2O3S/c1-7(8-3-2-5-13-8)10-4-6-14(9,11)12/h2-3,5,7,10H,4,6H2,1H3,(H2,9,11,12). The van der Waals surface area contributed by atoms with E-state index >= 15 is 0 Å². The lowest BCUT2D eigenvalue weighted by Crippen LogP contribution is -2.28. The van der Waals surface area contributed by atoms with Crippen molar-refractivity contribution in [2.75, 3.05) is 12.3 Å². The average Bonchev–Trinajstić information content (AvgIpc) is 2.53. The third-order valence-electron chi connectivity index (χ3n) is 1.81. The predicted octanol–water partition coefficient (Wildman–Crippen LogP) is 0.219. The van der Waals surface area contributed by atoms with E-state index in [4.69, 9.17) is 9.56 Å². The Morgan fingerprint density at radius 1 is 1.64 bits per heavy atom. The Labute approximate surface area is 83.3 Å². The van der Waals surface area contributed by atoms with Crippen LogP contribution < -0.4 is 10.5 Å². The number of hydrogen-bond donors (Lipinski definition) is 2. The van der Waals surface area contributed by atoms with Crippen LogP contribution in [-0.2, 0) is 10.0 Å². The molecule has 0 aliphatic heterocycles. The molecule has 1 aromatic heterocycles. The van der Waals surface area contributed by atoms with Gasteiger partial charge in [-0.25, -0.2) is 13.6 Å². The van der Waals surface area contributed by atoms with Crippen molar-refractivity contribution < 1.29 is 12.8 Å². The highest BCUT2D eigenvalue weighted by Gasteiger charge is 2.08. The molecule has 1 atom stereocenters. The molecule has 1 heterocycles. The number of hydrogen-bond acceptors (Lipinski definition) is 4. The van der Waals surface area contributed by atoms with Gasteiger partial charge in [0.1, 0.15) is 5.76 Å². The van der Waals surface area contributed by atoms with Crippen LogP contribution in [0, 0.1) is 0 Å². The number of primary sulfonamides is 1. The van der Waals surface area contributed by atoms with Crippen molar-refractivity contribution in [3.8, 4) is 0 Å². The summed E-state index contributed by atoms with van der Waals surface area (Å²) in [6.07, 6.45) is 1.58. The number of furan rings is 1. The molecule has 0 aliphatic carbocycles. The lowest BCUT2D eigenvalue weighted by atomic mass is 10.2. The molecule has 0 aliphatic rings. The van der Waals surface area contributed by atoms with Crippen molar-refractivity contribution in [1.29, 1.82) is 0 Å². The summed E-state index contributed by atoms with van der Waals surface area (Å²) in [5.41, 5.74) is 0. The van der Waals surface area contributed by atoms with Gasteiger partial charge in [-0.2, -0.15) is 0 Å². The summed E-state index contributed by atoms with van der Waals surface area (Å²) in [6, 6.07) is 3.61. The molecule has 5 nitrogen and oxygen atoms in total. The van der Waals surface area contributed by atoms with Crippen molar-refractivity contribution in [1.82, 2.24) is 5.32 Å². The molecule has 0 saturated carbocycles. The van der Waals surface area contributed by atoms with Crippen LogP contribution in [0.15, 0.2) is 22.8 Å². The molecule has 0 saturated heterocycles. The third-order valence-corrected chi connectivity index (χ3v) is 2.58. The second kappa shape index (κ2) is 4.59. The molecular weight excluding hydrogens is 204 g/mol. The Bertz CT molecular complexity index is 358. The molecule has 1 rings (SSSR count). The molecule has 0 fully saturated rings. The molecule has 14 heavy (non-hydrogen) atoms. The molecule has 0 bridgehead atoms. The highest BCUT2D eigenvalue weighted by Crippen LogP contribution is 2.11. The highest BCUT2D eigenvalue weighted by atomic mass is 32.2. The molecule has 0 spiro atoms. The minimum Gasteiger partial charge on any atom is -0.468 e. The summed E-state index contributed by atoms with van der Waals surface area (Å²) < 4.78 is 26.4. The molecule has 80 valence electrons. The van der Waals surface area contributed by atoms with Gasteiger partial charge >= 0.3 is 0 Å². The van der Waals surface area contributed by atoms with Crippen molar-refractivity contribution in [3.05, 3.63) is 24.2 Å². The molecule has 0 amide bonds. The SMILES string of the molecule is CC(NCCS(N)(=O)=O)c1ccco1. The van der Waals surface area contributed by atoms with Crippen LogP contribution in [0.1, 0.15) is 18.7 Å². The van der Waals surface area contributed by atoms with E-state index in [1.165, 1.54) is 0 Å². The van der Waals surface area contributed by atoms with Gasteiger partial charge in [0.15, 0.2) is 0 Å². The summed E-state index contributed by atoms with van der Waals surface area (Å²) in [5.74, 6) is 0.706. The first-order valence-electron chi connectivity index (χ1n) is 4.26. The van der Waals surface area contributed by atoms with Crippen molar-refractivity contribution >= 4 is 10.0 Å². The number of sulfonamides is 1. The quantitative estimate of drug-likeness (QED) is 0.740. The Kier molecular flexibility index (Phi) is 3.68. The van der Waals surface area contributed by atoms with Crippen LogP contribution in [0.5, 0.6) is 0 Å². The van der Waals surface area contributed by atoms with E-state index in [1.807, 2.05) is 13.0 Å². The minimum absolute atomic E-state index is 0.00764. The smallest absolute Gasteiger partial charge is 0.210 e. The maximum absolute atomic E-state index is 10.6. The van der Waals surface area contributed by atoms with E-state index in [9.17, 15) is 8.42 Å². The van der Waals surface area contributed by atoms with Gasteiger partial charge in [0.2, 0.25) is 10.0 Å². The topological polar surface area (TPSA) is 85.3 Å². The molecule has 6 heteroatoms. The van der Waals surface area contributed by atoms with E-state index in [1.54, 1.807) is 12.3 Å². The minimum atomic E-state index is -3.38. The zero-order valence-electron chi connectivity index (χ0n) is 7.93. The molecule has 1 unspecified atom stereocenters. The van der Waals surface area contributed by atoms with E-state index < -0.39 is 10.0 Å². The third kappa shape index (κ3) is 3.91. The molecular formula is C8H14N2O3S. The van der Waals surface area contributed by atoms with Gasteiger partial charge in [-0.3, -0.25) is 0 Å². The van der Waals surface area contributed by atoms with E-state index in [0.29, 0.717) is 6.54 Å². The van der Waals surface area contributed by atoms with E-state index in [0.717, 1.165) is 5.76 Å². The fourth-order valence-electron chi connectivity index (χ4n) is 1.06. The van der Waals surface area contributed by atoms with Gasteiger partial charge in [-0.05, 0) is 19.1 Å². The lowest BCUT2D eigenvalue weighted by molar-refractivity contribution is 0.437. The molecule has 0 radical (unpaired) electrons. The number of rotatable bonds is 5. The van der Waals surface area contributed by atoms with Crippen molar-refractivity contribution in [2.45, 2.75) is 13.0 Å². The Morgan fingerprint density at radius 2 is 2.36 bits per heavy atom. The second-order valence-electron chi connectivity index (χ2n) is 3.06. The summed E-state index contributed by atoms with van der Waals surface area (Å²) in [4.78, 5) is 0. The van der Waals surface area contributed by atoms with Crippen LogP contribution in [0.25, 0.3) is 0 Å². The zero-order chi connectivity index (χ0) is 10.6. The Morgan fingerprint density at radius 3 is 2.86 bits per heavy atom. The molecule has 3 N–H and O–H groups in total. The highest BCUT2D eigenvalue weighted by molar-refractivity contribution is 7.89. The fourth-order valence-corrected chi connectivity index (χ4v) is 1.46. The first kappa shape index (κ1) is 11.2. The predicted molar refractivity (Wildman–Crippen MR) is 53.1 cm³/mol. The lowest BCUT2D eigenvalue weighted by Gasteiger charge is -2.09. The number of nitrogens with one attached hydrogen (secondary N) is 1. The van der Waals surface area contributed by atoms with Gasteiger partial charge in [0.25, 0.3) is 0 Å². The van der Waals surface area contributed by atoms with Crippen LogP contribution in [0.3, 0.4) is 0 Å². The van der Waals surface area contributed by atoms with Gasteiger partial charge < -0.3 is 9.73 Å². The van der Waals surface area contributed by atoms with Crippen LogP contribution in [0.4, 0.5) is 0 Å². The second-order valence-corrected chi connectivity index (χ2v) is 4.79. The van der Waals surface area contributed by atoms with Crippen molar-refractivity contribution in [3.63, 3.8) is 0 Å². The van der Waals surface area contributed by atoms with Crippen LogP contribution in [-0.4, -0.2) is 20.7 Å². The van der Waals surface area contributed by atoms with Gasteiger partial charge in [0, 0.05) is 6.54 Å². The van der Waals surface area contributed by atoms with Crippen molar-refractivity contribution in [2.24, 2.45) is 5.14 Å². The van der Waals surface area contributed by atoms with Crippen LogP contribution in [0.2, 0.25) is 0 Å². The fraction of sp³-hybridized carbons (Fsp3) is 0.500. The van der Waals surface area contributed by atoms with Crippen LogP contribution >= 0.6 is 0 Å². The maximum Gasteiger partial charge on any atom is 0.210 e. The largest absolute Gasteiger partial charge is 0.468 e. The summed E-state index contributed by atoms with van der Waals surface area (Å²) in [5, 5.41) is 7.84. The van der Waals surface area contributed by atoms with E-state index in [-0.39, 0.29) is 11.8 Å². The first-order chi connectivity index (χ1) is 6.49. The molecule has 0 aromatic carbocycles. The Hall–Kier alpha value is -0.850. The summed E-state index contributed by atoms with van der Waals surface area (Å²) in [7, 11) is -3.38. The number of nitrogens with two attached hydrogens (primary N) is 1. The van der Waals surface area contributed by atoms with Gasteiger partial charge in [-0.1, -0.05) is 0 Å². The molecule has 1 aromatic rings. The van der Waals surface area contributed by atoms with Gasteiger partial charge in [-0.15, -0.1) is 0 Å². The summed E-state index contributed by atoms with van der Waals surface area (Å²) in [6.45, 7) is 2.21. The Balaban J connectivity index is 2.33. The normalized spacial score (nSPS) is 14.1. The monoisotopic (exact) mass is 218 g/mol. The van der Waals surface area contributed by atoms with E-state index in [2.05, 4.69) is 5.32 Å². The first-order valence-corrected chi connectivity index (χ1v) is 5.98. The zero-order valence-corrected chi connectivity index (χ0v) is 8.75.